The van der Waals surface area contributed by atoms with Gasteiger partial charge in [-0.3, -0.25) is 4.90 Å². The second kappa shape index (κ2) is 6.87. The molecule has 2 unspecified atom stereocenters. The first-order valence-electron chi connectivity index (χ1n) is 7.41. The number of benzene rings is 1. The van der Waals surface area contributed by atoms with Crippen LogP contribution in [-0.2, 0) is 0 Å². The van der Waals surface area contributed by atoms with E-state index in [2.05, 4.69) is 58.9 Å². The van der Waals surface area contributed by atoms with Crippen molar-refractivity contribution in [2.75, 3.05) is 6.54 Å². The highest BCUT2D eigenvalue weighted by Crippen LogP contribution is 2.35. The summed E-state index contributed by atoms with van der Waals surface area (Å²) in [6, 6.07) is 9.65. The molecule has 0 aliphatic heterocycles. The van der Waals surface area contributed by atoms with E-state index in [-0.39, 0.29) is 6.04 Å². The van der Waals surface area contributed by atoms with Gasteiger partial charge < -0.3 is 5.73 Å². The fraction of sp³-hybridized carbons (Fsp3) is 0.625. The van der Waals surface area contributed by atoms with Gasteiger partial charge in [0.25, 0.3) is 0 Å². The lowest BCUT2D eigenvalue weighted by Crippen LogP contribution is -2.44. The van der Waals surface area contributed by atoms with Gasteiger partial charge in [0.1, 0.15) is 0 Å². The van der Waals surface area contributed by atoms with Crippen molar-refractivity contribution >= 4 is 15.9 Å². The van der Waals surface area contributed by atoms with Crippen LogP contribution in [-0.4, -0.2) is 23.5 Å². The van der Waals surface area contributed by atoms with Gasteiger partial charge in [-0.25, -0.2) is 0 Å². The van der Waals surface area contributed by atoms with Crippen LogP contribution in [0.4, 0.5) is 0 Å². The Morgan fingerprint density at radius 3 is 2.47 bits per heavy atom. The van der Waals surface area contributed by atoms with Crippen molar-refractivity contribution < 1.29 is 0 Å². The van der Waals surface area contributed by atoms with Gasteiger partial charge in [0, 0.05) is 16.6 Å². The van der Waals surface area contributed by atoms with Gasteiger partial charge >= 0.3 is 0 Å². The van der Waals surface area contributed by atoms with Crippen molar-refractivity contribution in [1.29, 1.82) is 0 Å². The maximum Gasteiger partial charge on any atom is 0.0510 e. The van der Waals surface area contributed by atoms with Crippen LogP contribution >= 0.6 is 15.9 Å². The second-order valence-electron chi connectivity index (χ2n) is 5.59. The fourth-order valence-corrected chi connectivity index (χ4v) is 3.92. The lowest BCUT2D eigenvalue weighted by Gasteiger charge is -2.38. The Bertz CT molecular complexity index is 399. The zero-order chi connectivity index (χ0) is 13.8. The highest BCUT2D eigenvalue weighted by molar-refractivity contribution is 9.10. The van der Waals surface area contributed by atoms with Crippen molar-refractivity contribution in [3.05, 3.63) is 34.3 Å². The number of hydrogen-bond donors (Lipinski definition) is 1. The van der Waals surface area contributed by atoms with E-state index in [1.807, 2.05) is 0 Å². The number of nitrogens with two attached hydrogens (primary N) is 1. The largest absolute Gasteiger partial charge is 0.326 e. The maximum atomic E-state index is 6.32. The molecule has 1 aliphatic rings. The molecule has 2 atom stereocenters. The Morgan fingerprint density at radius 2 is 1.95 bits per heavy atom. The van der Waals surface area contributed by atoms with E-state index in [0.29, 0.717) is 12.1 Å². The maximum absolute atomic E-state index is 6.32. The third-order valence-corrected chi connectivity index (χ3v) is 4.96. The molecule has 0 spiro atoms. The Morgan fingerprint density at radius 1 is 1.32 bits per heavy atom. The molecule has 1 fully saturated rings. The number of likely N-dealkylation sites (N-methyl/N-ethyl adjacent to an activating group) is 1. The number of hydrogen-bond acceptors (Lipinski definition) is 2. The summed E-state index contributed by atoms with van der Waals surface area (Å²) in [6.45, 7) is 5.45. The van der Waals surface area contributed by atoms with Crippen molar-refractivity contribution in [1.82, 2.24) is 4.90 Å². The van der Waals surface area contributed by atoms with Crippen LogP contribution < -0.4 is 5.73 Å². The zero-order valence-corrected chi connectivity index (χ0v) is 13.6. The molecule has 2 N–H and O–H groups in total. The molecule has 106 valence electrons. The van der Waals surface area contributed by atoms with Crippen LogP contribution in [0, 0.1) is 0 Å². The molecule has 1 aliphatic carbocycles. The first kappa shape index (κ1) is 15.0. The van der Waals surface area contributed by atoms with Crippen molar-refractivity contribution in [2.24, 2.45) is 5.73 Å². The quantitative estimate of drug-likeness (QED) is 0.883. The van der Waals surface area contributed by atoms with Crippen LogP contribution in [0.2, 0.25) is 0 Å². The molecule has 19 heavy (non-hydrogen) atoms. The van der Waals surface area contributed by atoms with Crippen LogP contribution in [0.25, 0.3) is 0 Å². The Balaban J connectivity index is 2.30. The predicted molar refractivity (Wildman–Crippen MR) is 85.2 cm³/mol. The molecule has 0 radical (unpaired) electrons. The third-order valence-electron chi connectivity index (χ3n) is 4.24. The molecule has 2 rings (SSSR count). The molecule has 0 saturated heterocycles. The zero-order valence-electron chi connectivity index (χ0n) is 12.0. The number of rotatable bonds is 5. The van der Waals surface area contributed by atoms with E-state index < -0.39 is 0 Å². The molecule has 1 saturated carbocycles. The van der Waals surface area contributed by atoms with Gasteiger partial charge in [-0.1, -0.05) is 53.9 Å². The summed E-state index contributed by atoms with van der Waals surface area (Å²) in [6.07, 6.45) is 5.37. The monoisotopic (exact) mass is 324 g/mol. The first-order valence-corrected chi connectivity index (χ1v) is 8.20. The molecule has 0 bridgehead atoms. The second-order valence-corrected chi connectivity index (χ2v) is 6.45. The topological polar surface area (TPSA) is 29.3 Å². The van der Waals surface area contributed by atoms with Crippen molar-refractivity contribution in [3.63, 3.8) is 0 Å². The number of halogens is 1. The lowest BCUT2D eigenvalue weighted by molar-refractivity contribution is 0.126. The van der Waals surface area contributed by atoms with Gasteiger partial charge in [0.05, 0.1) is 6.04 Å². The Labute approximate surface area is 125 Å². The van der Waals surface area contributed by atoms with E-state index in [1.165, 1.54) is 35.7 Å². The van der Waals surface area contributed by atoms with Gasteiger partial charge in [0.2, 0.25) is 0 Å². The van der Waals surface area contributed by atoms with Crippen LogP contribution in [0.15, 0.2) is 28.7 Å². The van der Waals surface area contributed by atoms with Crippen molar-refractivity contribution in [3.8, 4) is 0 Å². The summed E-state index contributed by atoms with van der Waals surface area (Å²) in [5.41, 5.74) is 7.64. The van der Waals surface area contributed by atoms with E-state index in [0.717, 1.165) is 6.54 Å². The van der Waals surface area contributed by atoms with E-state index >= 15 is 0 Å². The predicted octanol–water partition coefficient (Wildman–Crippen LogP) is 4.10. The summed E-state index contributed by atoms with van der Waals surface area (Å²) in [7, 11) is 0. The standard InChI is InChI=1S/C16H25BrN2/c1-3-19(13-8-4-5-9-13)16(12(2)18)14-10-6-7-11-15(14)17/h6-7,10-13,16H,3-5,8-9,18H2,1-2H3. The minimum Gasteiger partial charge on any atom is -0.326 e. The normalized spacial score (nSPS) is 19.8. The van der Waals surface area contributed by atoms with Crippen LogP contribution in [0.1, 0.15) is 51.1 Å². The molecule has 0 heterocycles. The third kappa shape index (κ3) is 3.39. The van der Waals surface area contributed by atoms with Crippen molar-refractivity contribution in [2.45, 2.75) is 57.7 Å². The fourth-order valence-electron chi connectivity index (χ4n) is 3.40. The minimum atomic E-state index is 0.138. The summed E-state index contributed by atoms with van der Waals surface area (Å²) in [5.74, 6) is 0. The van der Waals surface area contributed by atoms with Crippen LogP contribution in [0.3, 0.4) is 0 Å². The molecule has 3 heteroatoms. The molecule has 1 aromatic rings. The number of nitrogens with zero attached hydrogens (tertiary/aromatic N) is 1. The average molecular weight is 325 g/mol. The summed E-state index contributed by atoms with van der Waals surface area (Å²) in [4.78, 5) is 2.61. The molecular formula is C16H25BrN2. The van der Waals surface area contributed by atoms with E-state index in [4.69, 9.17) is 5.73 Å². The van der Waals surface area contributed by atoms with Gasteiger partial charge in [-0.15, -0.1) is 0 Å². The van der Waals surface area contributed by atoms with Gasteiger partial charge in [-0.05, 0) is 37.9 Å². The highest BCUT2D eigenvalue weighted by atomic mass is 79.9. The summed E-state index contributed by atoms with van der Waals surface area (Å²) >= 11 is 3.69. The first-order chi connectivity index (χ1) is 9.15. The SMILES string of the molecule is CCN(C1CCCC1)C(c1ccccc1Br)C(C)N. The summed E-state index contributed by atoms with van der Waals surface area (Å²) < 4.78 is 1.17. The molecule has 2 nitrogen and oxygen atoms in total. The van der Waals surface area contributed by atoms with E-state index in [1.54, 1.807) is 0 Å². The molecular weight excluding hydrogens is 300 g/mol. The molecule has 1 aromatic carbocycles. The lowest BCUT2D eigenvalue weighted by atomic mass is 9.97. The van der Waals surface area contributed by atoms with Gasteiger partial charge in [0.15, 0.2) is 0 Å². The average Bonchev–Trinajstić information content (AvgIpc) is 2.90. The molecule has 0 aromatic heterocycles. The highest BCUT2D eigenvalue weighted by Gasteiger charge is 2.31. The molecule has 0 amide bonds. The minimum absolute atomic E-state index is 0.138. The van der Waals surface area contributed by atoms with Gasteiger partial charge in [-0.2, -0.15) is 0 Å². The van der Waals surface area contributed by atoms with E-state index in [9.17, 15) is 0 Å². The van der Waals surface area contributed by atoms with Crippen LogP contribution in [0.5, 0.6) is 0 Å². The Kier molecular flexibility index (Phi) is 5.43. The smallest absolute Gasteiger partial charge is 0.0510 e. The Hall–Kier alpha value is -0.380. The summed E-state index contributed by atoms with van der Waals surface area (Å²) in [5, 5.41) is 0.